The van der Waals surface area contributed by atoms with E-state index in [2.05, 4.69) is 20.9 Å². The van der Waals surface area contributed by atoms with Crippen LogP contribution in [0, 0.1) is 0 Å². The monoisotopic (exact) mass is 574 g/mol. The summed E-state index contributed by atoms with van der Waals surface area (Å²) in [5.74, 6) is 0.599. The van der Waals surface area contributed by atoms with Crippen molar-refractivity contribution in [2.24, 2.45) is 4.99 Å². The van der Waals surface area contributed by atoms with E-state index in [-0.39, 0.29) is 42.0 Å². The molecule has 2 amide bonds. The number of carbonyl (C=O) groups is 2. The summed E-state index contributed by atoms with van der Waals surface area (Å²) in [6.07, 6.45) is -0.293. The lowest BCUT2D eigenvalue weighted by Crippen LogP contribution is -2.63. The smallest absolute Gasteiger partial charge is 0.410 e. The number of ether oxygens (including phenoxy) is 1. The molecule has 0 radical (unpaired) electrons. The van der Waals surface area contributed by atoms with Gasteiger partial charge in [-0.3, -0.25) is 4.79 Å². The van der Waals surface area contributed by atoms with E-state index in [0.29, 0.717) is 37.7 Å². The zero-order chi connectivity index (χ0) is 23.7. The summed E-state index contributed by atoms with van der Waals surface area (Å²) in [6, 6.07) is 7.62. The number of aliphatic imine (C=N–C) groups is 1. The van der Waals surface area contributed by atoms with Crippen molar-refractivity contribution in [1.29, 1.82) is 0 Å². The maximum Gasteiger partial charge on any atom is 0.410 e. The molecular weight excluding hydrogens is 535 g/mol. The van der Waals surface area contributed by atoms with Gasteiger partial charge in [-0.1, -0.05) is 12.1 Å². The van der Waals surface area contributed by atoms with Crippen LogP contribution in [0.3, 0.4) is 0 Å². The van der Waals surface area contributed by atoms with Gasteiger partial charge in [0.25, 0.3) is 5.91 Å². The van der Waals surface area contributed by atoms with Crippen LogP contribution in [0.25, 0.3) is 0 Å². The van der Waals surface area contributed by atoms with Gasteiger partial charge >= 0.3 is 6.09 Å². The average molecular weight is 575 g/mol. The number of benzene rings is 1. The van der Waals surface area contributed by atoms with Crippen LogP contribution in [0.4, 0.5) is 4.79 Å². The van der Waals surface area contributed by atoms with E-state index in [0.717, 1.165) is 18.7 Å². The molecule has 186 valence electrons. The minimum atomic E-state index is -0.496. The van der Waals surface area contributed by atoms with Crippen molar-refractivity contribution in [2.45, 2.75) is 45.9 Å². The van der Waals surface area contributed by atoms with Crippen molar-refractivity contribution >= 4 is 41.9 Å². The van der Waals surface area contributed by atoms with Crippen molar-refractivity contribution < 1.29 is 14.3 Å². The number of likely N-dealkylation sites (N-methyl/N-ethyl adjacent to an activating group) is 1. The summed E-state index contributed by atoms with van der Waals surface area (Å²) < 4.78 is 5.39. The van der Waals surface area contributed by atoms with E-state index in [4.69, 9.17) is 4.74 Å². The number of halogens is 1. The third-order valence-electron chi connectivity index (χ3n) is 4.67. The lowest BCUT2D eigenvalue weighted by Gasteiger charge is -2.40. The van der Waals surface area contributed by atoms with Crippen molar-refractivity contribution in [3.05, 3.63) is 35.4 Å². The second-order valence-electron chi connectivity index (χ2n) is 9.18. The molecule has 0 aliphatic carbocycles. The summed E-state index contributed by atoms with van der Waals surface area (Å²) in [5.41, 5.74) is 1.08. The number of rotatable bonds is 8. The van der Waals surface area contributed by atoms with E-state index >= 15 is 0 Å². The Morgan fingerprint density at radius 1 is 1.21 bits per heavy atom. The van der Waals surface area contributed by atoms with Gasteiger partial charge < -0.3 is 30.5 Å². The van der Waals surface area contributed by atoms with Gasteiger partial charge in [0.1, 0.15) is 5.60 Å². The van der Waals surface area contributed by atoms with E-state index in [1.165, 1.54) is 0 Å². The first-order valence-corrected chi connectivity index (χ1v) is 11.1. The summed E-state index contributed by atoms with van der Waals surface area (Å²) in [4.78, 5) is 32.8. The highest BCUT2D eigenvalue weighted by molar-refractivity contribution is 14.0. The van der Waals surface area contributed by atoms with E-state index in [1.807, 2.05) is 64.9 Å². The zero-order valence-electron chi connectivity index (χ0n) is 20.6. The predicted octanol–water partition coefficient (Wildman–Crippen LogP) is 2.27. The van der Waals surface area contributed by atoms with Crippen LogP contribution in [-0.2, 0) is 11.3 Å². The molecule has 2 rings (SSSR count). The van der Waals surface area contributed by atoms with E-state index in [9.17, 15) is 9.59 Å². The molecular formula is C23H39IN6O3. The highest BCUT2D eigenvalue weighted by atomic mass is 127. The van der Waals surface area contributed by atoms with Crippen molar-refractivity contribution in [3.63, 3.8) is 0 Å². The molecule has 1 aromatic rings. The molecule has 33 heavy (non-hydrogen) atoms. The van der Waals surface area contributed by atoms with Gasteiger partial charge in [0, 0.05) is 38.3 Å². The van der Waals surface area contributed by atoms with Crippen molar-refractivity contribution in [3.8, 4) is 0 Å². The fourth-order valence-electron chi connectivity index (χ4n) is 3.04. The third-order valence-corrected chi connectivity index (χ3v) is 4.67. The molecule has 1 aromatic carbocycles. The summed E-state index contributed by atoms with van der Waals surface area (Å²) in [6.45, 7) is 11.3. The molecule has 0 bridgehead atoms. The fraction of sp³-hybridized carbons (Fsp3) is 0.609. The van der Waals surface area contributed by atoms with Gasteiger partial charge in [-0.2, -0.15) is 0 Å². The Bertz CT molecular complexity index is 804. The molecule has 0 saturated carbocycles. The molecule has 3 N–H and O–H groups in total. The highest BCUT2D eigenvalue weighted by Crippen LogP contribution is 2.15. The zero-order valence-corrected chi connectivity index (χ0v) is 22.9. The standard InChI is InChI=1S/C23H38N6O3.HI/c1-7-24-21(27-19-15-29(16-19)22(31)32-23(2,3)4)26-14-17-9-8-10-18(13-17)20(30)25-11-12-28(5)6;/h8-10,13,19H,7,11-12,14-16H2,1-6H3,(H,25,30)(H2,24,26,27);1H. The van der Waals surface area contributed by atoms with Gasteiger partial charge in [0.05, 0.1) is 12.6 Å². The van der Waals surface area contributed by atoms with Gasteiger partial charge in [-0.15, -0.1) is 24.0 Å². The largest absolute Gasteiger partial charge is 0.444 e. The molecule has 1 heterocycles. The van der Waals surface area contributed by atoms with Crippen LogP contribution in [0.5, 0.6) is 0 Å². The molecule has 10 heteroatoms. The topological polar surface area (TPSA) is 98.3 Å². The molecule has 0 aromatic heterocycles. The molecule has 0 atom stereocenters. The molecule has 1 aliphatic heterocycles. The minimum absolute atomic E-state index is 0. The first kappa shape index (κ1) is 29.0. The Balaban J connectivity index is 0.00000544. The number of nitrogens with one attached hydrogen (secondary N) is 3. The first-order valence-electron chi connectivity index (χ1n) is 11.1. The number of likely N-dealkylation sites (tertiary alicyclic amines) is 1. The van der Waals surface area contributed by atoms with Crippen LogP contribution in [0.15, 0.2) is 29.3 Å². The number of amides is 2. The second kappa shape index (κ2) is 13.6. The van der Waals surface area contributed by atoms with Crippen LogP contribution in [-0.4, -0.2) is 86.2 Å². The normalized spacial score (nSPS) is 14.3. The molecule has 0 unspecified atom stereocenters. The lowest BCUT2D eigenvalue weighted by molar-refractivity contribution is 0.00700. The summed E-state index contributed by atoms with van der Waals surface area (Å²) in [7, 11) is 3.94. The SMILES string of the molecule is CCNC(=NCc1cccc(C(=O)NCCN(C)C)c1)NC1CN(C(=O)OC(C)(C)C)C1.I. The van der Waals surface area contributed by atoms with Gasteiger partial charge in [0.2, 0.25) is 0 Å². The number of carbonyl (C=O) groups excluding carboxylic acids is 2. The molecule has 1 fully saturated rings. The third kappa shape index (κ3) is 10.6. The maximum absolute atomic E-state index is 12.4. The molecule has 0 spiro atoms. The number of guanidine groups is 1. The Hall–Kier alpha value is -2.08. The fourth-order valence-corrected chi connectivity index (χ4v) is 3.04. The number of hydrogen-bond acceptors (Lipinski definition) is 5. The van der Waals surface area contributed by atoms with E-state index in [1.54, 1.807) is 11.0 Å². The van der Waals surface area contributed by atoms with Crippen molar-refractivity contribution in [1.82, 2.24) is 25.8 Å². The molecule has 1 saturated heterocycles. The number of hydrogen-bond donors (Lipinski definition) is 3. The number of nitrogens with zero attached hydrogens (tertiary/aromatic N) is 3. The predicted molar refractivity (Wildman–Crippen MR) is 142 cm³/mol. The van der Waals surface area contributed by atoms with Gasteiger partial charge in [-0.25, -0.2) is 9.79 Å². The molecule has 9 nitrogen and oxygen atoms in total. The summed E-state index contributed by atoms with van der Waals surface area (Å²) in [5, 5.41) is 9.51. The quantitative estimate of drug-likeness (QED) is 0.251. The van der Waals surface area contributed by atoms with Crippen LogP contribution < -0.4 is 16.0 Å². The Morgan fingerprint density at radius 2 is 1.91 bits per heavy atom. The highest BCUT2D eigenvalue weighted by Gasteiger charge is 2.34. The Kier molecular flexibility index (Phi) is 11.9. The van der Waals surface area contributed by atoms with Crippen LogP contribution in [0.1, 0.15) is 43.6 Å². The maximum atomic E-state index is 12.4. The molecule has 1 aliphatic rings. The van der Waals surface area contributed by atoms with E-state index < -0.39 is 5.60 Å². The van der Waals surface area contributed by atoms with Gasteiger partial charge in [-0.05, 0) is 59.5 Å². The van der Waals surface area contributed by atoms with Crippen molar-refractivity contribution in [2.75, 3.05) is 46.8 Å². The van der Waals surface area contributed by atoms with Crippen LogP contribution in [0.2, 0.25) is 0 Å². The average Bonchev–Trinajstić information content (AvgIpc) is 2.66. The van der Waals surface area contributed by atoms with Crippen LogP contribution >= 0.6 is 24.0 Å². The first-order chi connectivity index (χ1) is 15.1. The minimum Gasteiger partial charge on any atom is -0.444 e. The lowest BCUT2D eigenvalue weighted by atomic mass is 10.1. The second-order valence-corrected chi connectivity index (χ2v) is 9.18. The Morgan fingerprint density at radius 3 is 2.52 bits per heavy atom. The summed E-state index contributed by atoms with van der Waals surface area (Å²) >= 11 is 0. The van der Waals surface area contributed by atoms with Gasteiger partial charge in [0.15, 0.2) is 5.96 Å². The Labute approximate surface area is 214 Å².